The molecule has 0 unspecified atom stereocenters. The smallest absolute Gasteiger partial charge is 0.261 e. The number of aromatic nitrogens is 3. The van der Waals surface area contributed by atoms with Crippen molar-refractivity contribution in [2.45, 2.75) is 58.1 Å². The molecule has 27 heavy (non-hydrogen) atoms. The molecule has 1 saturated carbocycles. The topological polar surface area (TPSA) is 68.0 Å². The van der Waals surface area contributed by atoms with E-state index >= 15 is 0 Å². The van der Waals surface area contributed by atoms with Gasteiger partial charge in [-0.05, 0) is 61.9 Å². The summed E-state index contributed by atoms with van der Waals surface area (Å²) >= 11 is 0. The minimum atomic E-state index is -0.474. The summed E-state index contributed by atoms with van der Waals surface area (Å²) in [6.45, 7) is 3.96. The molecule has 2 heterocycles. The van der Waals surface area contributed by atoms with Gasteiger partial charge in [0.15, 0.2) is 0 Å². The van der Waals surface area contributed by atoms with E-state index in [9.17, 15) is 9.90 Å². The van der Waals surface area contributed by atoms with Crippen LogP contribution in [0, 0.1) is 13.8 Å². The third-order valence-electron chi connectivity index (χ3n) is 5.57. The molecule has 1 aliphatic carbocycles. The molecule has 2 atom stereocenters. The van der Waals surface area contributed by atoms with Gasteiger partial charge in [-0.25, -0.2) is 4.98 Å². The van der Waals surface area contributed by atoms with Crippen molar-refractivity contribution in [3.63, 3.8) is 0 Å². The Hall–Kier alpha value is -2.53. The van der Waals surface area contributed by atoms with E-state index in [4.69, 9.17) is 0 Å². The molecule has 4 rings (SSSR count). The monoisotopic (exact) mass is 363 g/mol. The zero-order chi connectivity index (χ0) is 19.0. The normalized spacial score (nSPS) is 20.1. The predicted molar refractivity (Wildman–Crippen MR) is 106 cm³/mol. The second-order valence-corrected chi connectivity index (χ2v) is 7.67. The fraction of sp³-hybridized carbons (Fsp3) is 0.409. The van der Waals surface area contributed by atoms with Crippen LogP contribution >= 0.6 is 0 Å². The van der Waals surface area contributed by atoms with Crippen LogP contribution in [0.25, 0.3) is 10.9 Å². The summed E-state index contributed by atoms with van der Waals surface area (Å²) < 4.78 is 1.64. The van der Waals surface area contributed by atoms with Gasteiger partial charge < -0.3 is 5.11 Å². The number of nitrogens with zero attached hydrogens (tertiary/aromatic N) is 3. The van der Waals surface area contributed by atoms with Crippen LogP contribution in [-0.2, 0) is 6.42 Å². The molecule has 1 aromatic carbocycles. The Kier molecular flexibility index (Phi) is 4.79. The number of hydrogen-bond donors (Lipinski definition) is 1. The van der Waals surface area contributed by atoms with Crippen LogP contribution in [0.2, 0.25) is 0 Å². The van der Waals surface area contributed by atoms with Gasteiger partial charge in [-0.1, -0.05) is 25.0 Å². The van der Waals surface area contributed by atoms with Gasteiger partial charge in [-0.2, -0.15) is 0 Å². The van der Waals surface area contributed by atoms with Gasteiger partial charge in [0.25, 0.3) is 5.56 Å². The van der Waals surface area contributed by atoms with Crippen molar-refractivity contribution in [3.8, 4) is 0 Å². The Labute approximate surface area is 158 Å². The number of aliphatic hydroxyl groups excluding tert-OH is 1. The summed E-state index contributed by atoms with van der Waals surface area (Å²) in [5.41, 5.74) is 4.87. The number of fused-ring (bicyclic) bond motifs is 1. The quantitative estimate of drug-likeness (QED) is 0.774. The van der Waals surface area contributed by atoms with Crippen molar-refractivity contribution in [1.29, 1.82) is 0 Å². The maximum Gasteiger partial charge on any atom is 0.261 e. The molecular formula is C22H25N3O2. The molecule has 2 aromatic heterocycles. The molecule has 0 aliphatic heterocycles. The lowest BCUT2D eigenvalue weighted by Gasteiger charge is -2.29. The van der Waals surface area contributed by atoms with E-state index in [1.165, 1.54) is 0 Å². The van der Waals surface area contributed by atoms with Crippen molar-refractivity contribution in [1.82, 2.24) is 14.5 Å². The molecule has 5 nitrogen and oxygen atoms in total. The van der Waals surface area contributed by atoms with E-state index < -0.39 is 6.10 Å². The molecule has 3 aromatic rings. The van der Waals surface area contributed by atoms with Gasteiger partial charge in [0.05, 0.1) is 29.4 Å². The fourth-order valence-corrected chi connectivity index (χ4v) is 4.09. The van der Waals surface area contributed by atoms with Crippen LogP contribution < -0.4 is 5.56 Å². The molecular weight excluding hydrogens is 338 g/mol. The highest BCUT2D eigenvalue weighted by molar-refractivity contribution is 5.81. The van der Waals surface area contributed by atoms with Crippen molar-refractivity contribution >= 4 is 10.9 Å². The van der Waals surface area contributed by atoms with E-state index in [2.05, 4.69) is 22.1 Å². The maximum atomic E-state index is 13.2. The first-order valence-corrected chi connectivity index (χ1v) is 9.63. The highest BCUT2D eigenvalue weighted by Crippen LogP contribution is 2.28. The lowest BCUT2D eigenvalue weighted by Crippen LogP contribution is -2.34. The molecule has 0 amide bonds. The third-order valence-corrected chi connectivity index (χ3v) is 5.57. The predicted octanol–water partition coefficient (Wildman–Crippen LogP) is 3.48. The van der Waals surface area contributed by atoms with Crippen molar-refractivity contribution in [3.05, 3.63) is 69.5 Å². The number of hydrogen-bond acceptors (Lipinski definition) is 4. The Morgan fingerprint density at radius 2 is 1.93 bits per heavy atom. The van der Waals surface area contributed by atoms with E-state index in [-0.39, 0.29) is 11.6 Å². The SMILES string of the molecule is Cc1ccc(Cc2cc(C)c3ncn([C@H]4CCCC[C@@H]4O)c(=O)c3c2)cn1. The molecule has 0 saturated heterocycles. The first kappa shape index (κ1) is 17.9. The fourth-order valence-electron chi connectivity index (χ4n) is 4.09. The number of rotatable bonds is 3. The minimum Gasteiger partial charge on any atom is -0.391 e. The molecule has 1 aliphatic rings. The van der Waals surface area contributed by atoms with Crippen LogP contribution in [0.4, 0.5) is 0 Å². The number of pyridine rings is 1. The van der Waals surface area contributed by atoms with E-state index in [0.29, 0.717) is 5.39 Å². The summed E-state index contributed by atoms with van der Waals surface area (Å²) in [4.78, 5) is 22.1. The first-order valence-electron chi connectivity index (χ1n) is 9.63. The molecule has 140 valence electrons. The minimum absolute atomic E-state index is 0.0575. The van der Waals surface area contributed by atoms with E-state index in [0.717, 1.165) is 60.0 Å². The van der Waals surface area contributed by atoms with Crippen LogP contribution in [0.5, 0.6) is 0 Å². The van der Waals surface area contributed by atoms with E-state index in [1.54, 1.807) is 10.9 Å². The van der Waals surface area contributed by atoms with Crippen LogP contribution in [-0.4, -0.2) is 25.7 Å². The molecule has 0 bridgehead atoms. The van der Waals surface area contributed by atoms with Gasteiger partial charge >= 0.3 is 0 Å². The first-order chi connectivity index (χ1) is 13.0. The summed E-state index contributed by atoms with van der Waals surface area (Å²) in [7, 11) is 0. The third kappa shape index (κ3) is 3.52. The second-order valence-electron chi connectivity index (χ2n) is 7.67. The zero-order valence-electron chi connectivity index (χ0n) is 15.9. The second kappa shape index (κ2) is 7.24. The molecule has 5 heteroatoms. The lowest BCUT2D eigenvalue weighted by atomic mass is 9.92. The Bertz CT molecular complexity index is 1020. The van der Waals surface area contributed by atoms with Gasteiger partial charge in [-0.3, -0.25) is 14.3 Å². The standard InChI is InChI=1S/C22H25N3O2/c1-14-9-17(10-16-8-7-15(2)23-12-16)11-18-21(14)24-13-25(22(18)27)19-5-3-4-6-20(19)26/h7-9,11-13,19-20,26H,3-6,10H2,1-2H3/t19-,20-/m0/s1. The van der Waals surface area contributed by atoms with Crippen molar-refractivity contribution in [2.75, 3.05) is 0 Å². The number of aryl methyl sites for hydroxylation is 2. The molecule has 0 spiro atoms. The van der Waals surface area contributed by atoms with Crippen LogP contribution in [0.3, 0.4) is 0 Å². The lowest BCUT2D eigenvalue weighted by molar-refractivity contribution is 0.0735. The van der Waals surface area contributed by atoms with Gasteiger partial charge in [0.1, 0.15) is 0 Å². The number of benzene rings is 1. The molecule has 1 N–H and O–H groups in total. The molecule has 1 fully saturated rings. The Morgan fingerprint density at radius 3 is 2.67 bits per heavy atom. The zero-order valence-corrected chi connectivity index (χ0v) is 15.9. The maximum absolute atomic E-state index is 13.2. The highest BCUT2D eigenvalue weighted by Gasteiger charge is 2.26. The summed E-state index contributed by atoms with van der Waals surface area (Å²) in [5, 5.41) is 11.0. The van der Waals surface area contributed by atoms with Gasteiger partial charge in [-0.15, -0.1) is 0 Å². The summed E-state index contributed by atoms with van der Waals surface area (Å²) in [6, 6.07) is 7.94. The summed E-state index contributed by atoms with van der Waals surface area (Å²) in [5.74, 6) is 0. The van der Waals surface area contributed by atoms with Crippen LogP contribution in [0.1, 0.15) is 54.1 Å². The Morgan fingerprint density at radius 1 is 1.11 bits per heavy atom. The van der Waals surface area contributed by atoms with Gasteiger partial charge in [0.2, 0.25) is 0 Å². The largest absolute Gasteiger partial charge is 0.391 e. The average molecular weight is 363 g/mol. The van der Waals surface area contributed by atoms with Crippen molar-refractivity contribution in [2.24, 2.45) is 0 Å². The van der Waals surface area contributed by atoms with Crippen LogP contribution in [0.15, 0.2) is 41.6 Å². The van der Waals surface area contributed by atoms with E-state index in [1.807, 2.05) is 32.2 Å². The number of aliphatic hydroxyl groups is 1. The Balaban J connectivity index is 1.76. The van der Waals surface area contributed by atoms with Gasteiger partial charge in [0, 0.05) is 11.9 Å². The average Bonchev–Trinajstić information content (AvgIpc) is 2.65. The highest BCUT2D eigenvalue weighted by atomic mass is 16.3. The summed E-state index contributed by atoms with van der Waals surface area (Å²) in [6.07, 6.45) is 7.36. The molecule has 0 radical (unpaired) electrons. The van der Waals surface area contributed by atoms with Crippen molar-refractivity contribution < 1.29 is 5.11 Å².